The minimum absolute atomic E-state index is 0.207. The highest BCUT2D eigenvalue weighted by molar-refractivity contribution is 6.02. The second-order valence-corrected chi connectivity index (χ2v) is 9.50. The van der Waals surface area contributed by atoms with Crippen molar-refractivity contribution < 1.29 is 4.39 Å². The Morgan fingerprint density at radius 2 is 1.85 bits per heavy atom. The lowest BCUT2D eigenvalue weighted by Gasteiger charge is -2.31. The Labute approximate surface area is 220 Å². The SMILES string of the molecule is O=c1[nH]c(=O)n(-c2ccc(N3CCNCC3)c(CF)c2)c2c1cnc1ccc(-c3cnc4[nH]ccc4c3)nc12. The van der Waals surface area contributed by atoms with Crippen molar-refractivity contribution in [1.82, 2.24) is 34.8 Å². The van der Waals surface area contributed by atoms with Crippen molar-refractivity contribution in [2.24, 2.45) is 0 Å². The fraction of sp³-hybridized carbons (Fsp3) is 0.179. The maximum atomic E-state index is 14.3. The van der Waals surface area contributed by atoms with Crippen LogP contribution < -0.4 is 21.5 Å². The highest BCUT2D eigenvalue weighted by Gasteiger charge is 2.19. The summed E-state index contributed by atoms with van der Waals surface area (Å²) in [6, 6.07) is 12.8. The molecule has 6 aromatic rings. The summed E-state index contributed by atoms with van der Waals surface area (Å²) in [5, 5.41) is 4.44. The maximum absolute atomic E-state index is 14.3. The van der Waals surface area contributed by atoms with E-state index in [9.17, 15) is 14.0 Å². The van der Waals surface area contributed by atoms with Crippen molar-refractivity contribution in [2.75, 3.05) is 31.1 Å². The summed E-state index contributed by atoms with van der Waals surface area (Å²) < 4.78 is 15.7. The van der Waals surface area contributed by atoms with E-state index in [4.69, 9.17) is 4.98 Å². The molecule has 1 aliphatic rings. The van der Waals surface area contributed by atoms with E-state index in [1.54, 1.807) is 24.4 Å². The first-order valence-electron chi connectivity index (χ1n) is 12.6. The average molecular weight is 523 g/mol. The number of halogens is 1. The molecular weight excluding hydrogens is 499 g/mol. The molecule has 1 aliphatic heterocycles. The predicted octanol–water partition coefficient (Wildman–Crippen LogP) is 3.04. The lowest BCUT2D eigenvalue weighted by Crippen LogP contribution is -2.43. The number of rotatable bonds is 4. The van der Waals surface area contributed by atoms with E-state index in [1.807, 2.05) is 30.5 Å². The Kier molecular flexibility index (Phi) is 5.44. The molecule has 11 heteroatoms. The number of fused-ring (bicyclic) bond motifs is 4. The average Bonchev–Trinajstić information content (AvgIpc) is 3.45. The first-order chi connectivity index (χ1) is 19.1. The van der Waals surface area contributed by atoms with Crippen molar-refractivity contribution in [3.8, 4) is 16.9 Å². The van der Waals surface area contributed by atoms with Gasteiger partial charge in [-0.05, 0) is 42.5 Å². The van der Waals surface area contributed by atoms with Gasteiger partial charge in [0.2, 0.25) is 0 Å². The zero-order valence-corrected chi connectivity index (χ0v) is 20.7. The molecule has 194 valence electrons. The highest BCUT2D eigenvalue weighted by Crippen LogP contribution is 2.29. The number of alkyl halides is 1. The van der Waals surface area contributed by atoms with Crippen LogP contribution in [-0.4, -0.2) is 55.7 Å². The zero-order valence-electron chi connectivity index (χ0n) is 20.7. The summed E-state index contributed by atoms with van der Waals surface area (Å²) in [6.45, 7) is 2.47. The molecule has 10 nitrogen and oxygen atoms in total. The van der Waals surface area contributed by atoms with Crippen molar-refractivity contribution in [2.45, 2.75) is 6.67 Å². The van der Waals surface area contributed by atoms with E-state index in [0.29, 0.717) is 33.5 Å². The van der Waals surface area contributed by atoms with Gasteiger partial charge < -0.3 is 15.2 Å². The minimum atomic E-state index is -0.692. The molecule has 1 aromatic carbocycles. The third-order valence-corrected chi connectivity index (χ3v) is 7.20. The molecular formula is C28H23FN8O2. The number of nitrogens with one attached hydrogen (secondary N) is 3. The van der Waals surface area contributed by atoms with Crippen LogP contribution in [0.4, 0.5) is 10.1 Å². The van der Waals surface area contributed by atoms with Crippen LogP contribution in [-0.2, 0) is 6.67 Å². The second-order valence-electron chi connectivity index (χ2n) is 9.50. The Hall–Kier alpha value is -4.90. The standard InChI is InChI=1S/C28H23FN8O2/c29-13-17-12-19(1-4-23(17)36-9-7-30-8-10-36)37-25-20(27(38)35-28(37)39)15-32-22-3-2-21(34-24(22)25)18-11-16-5-6-31-26(16)33-14-18/h1-6,11-12,14-15,30H,7-10,13H2,(H,31,33)(H,35,38,39). The van der Waals surface area contributed by atoms with Crippen LogP contribution in [0.2, 0.25) is 0 Å². The Morgan fingerprint density at radius 1 is 0.974 bits per heavy atom. The first-order valence-corrected chi connectivity index (χ1v) is 12.6. The summed E-state index contributed by atoms with van der Waals surface area (Å²) in [5.74, 6) is 0. The van der Waals surface area contributed by atoms with Crippen molar-refractivity contribution >= 4 is 38.7 Å². The first kappa shape index (κ1) is 23.2. The molecule has 0 atom stereocenters. The monoisotopic (exact) mass is 522 g/mol. The number of hydrogen-bond acceptors (Lipinski definition) is 7. The molecule has 0 spiro atoms. The molecule has 0 radical (unpaired) electrons. The molecule has 0 saturated carbocycles. The summed E-state index contributed by atoms with van der Waals surface area (Å²) >= 11 is 0. The Bertz CT molecular complexity index is 2010. The number of aromatic amines is 2. The van der Waals surface area contributed by atoms with Gasteiger partial charge in [-0.3, -0.25) is 19.3 Å². The number of benzene rings is 1. The van der Waals surface area contributed by atoms with E-state index in [-0.39, 0.29) is 5.39 Å². The van der Waals surface area contributed by atoms with E-state index >= 15 is 0 Å². The molecule has 0 amide bonds. The fourth-order valence-electron chi connectivity index (χ4n) is 5.29. The van der Waals surface area contributed by atoms with Gasteiger partial charge in [0.05, 0.1) is 27.8 Å². The molecule has 3 N–H and O–H groups in total. The maximum Gasteiger partial charge on any atom is 0.333 e. The molecule has 0 unspecified atom stereocenters. The van der Waals surface area contributed by atoms with Gasteiger partial charge in [-0.15, -0.1) is 0 Å². The van der Waals surface area contributed by atoms with Gasteiger partial charge in [-0.2, -0.15) is 0 Å². The summed E-state index contributed by atoms with van der Waals surface area (Å²) in [5.41, 5.74) is 3.87. The Balaban J connectivity index is 1.47. The van der Waals surface area contributed by atoms with Crippen LogP contribution in [0.15, 0.2) is 70.6 Å². The third-order valence-electron chi connectivity index (χ3n) is 7.20. The van der Waals surface area contributed by atoms with E-state index in [0.717, 1.165) is 48.5 Å². The van der Waals surface area contributed by atoms with E-state index in [1.165, 1.54) is 10.8 Å². The van der Waals surface area contributed by atoms with Crippen molar-refractivity contribution in [3.63, 3.8) is 0 Å². The molecule has 5 aromatic heterocycles. The summed E-state index contributed by atoms with van der Waals surface area (Å²) in [6.07, 6.45) is 4.97. The molecule has 39 heavy (non-hydrogen) atoms. The molecule has 0 bridgehead atoms. The van der Waals surface area contributed by atoms with Crippen LogP contribution in [0.5, 0.6) is 0 Å². The van der Waals surface area contributed by atoms with Gasteiger partial charge in [0.25, 0.3) is 5.56 Å². The molecule has 7 rings (SSSR count). The van der Waals surface area contributed by atoms with Crippen molar-refractivity contribution in [1.29, 1.82) is 0 Å². The molecule has 6 heterocycles. The summed E-state index contributed by atoms with van der Waals surface area (Å²) in [4.78, 5) is 47.5. The number of anilines is 1. The molecule has 1 fully saturated rings. The lowest BCUT2D eigenvalue weighted by atomic mass is 10.1. The number of pyridine rings is 3. The quantitative estimate of drug-likeness (QED) is 0.304. The van der Waals surface area contributed by atoms with Gasteiger partial charge in [0.15, 0.2) is 0 Å². The normalized spacial score (nSPS) is 14.0. The van der Waals surface area contributed by atoms with Gasteiger partial charge in [0.1, 0.15) is 17.8 Å². The van der Waals surface area contributed by atoms with Gasteiger partial charge >= 0.3 is 5.69 Å². The van der Waals surface area contributed by atoms with Crippen LogP contribution in [0.3, 0.4) is 0 Å². The number of nitrogens with zero attached hydrogens (tertiary/aromatic N) is 5. The molecule has 1 saturated heterocycles. The summed E-state index contributed by atoms with van der Waals surface area (Å²) in [7, 11) is 0. The number of aromatic nitrogens is 6. The minimum Gasteiger partial charge on any atom is -0.369 e. The largest absolute Gasteiger partial charge is 0.369 e. The fourth-order valence-corrected chi connectivity index (χ4v) is 5.29. The van der Waals surface area contributed by atoms with Crippen molar-refractivity contribution in [3.05, 3.63) is 87.5 Å². The van der Waals surface area contributed by atoms with Gasteiger partial charge in [-0.1, -0.05) is 0 Å². The number of piperazine rings is 1. The second kappa shape index (κ2) is 9.14. The molecule has 0 aliphatic carbocycles. The van der Waals surface area contributed by atoms with Gasteiger partial charge in [-0.25, -0.2) is 19.2 Å². The predicted molar refractivity (Wildman–Crippen MR) is 148 cm³/mol. The van der Waals surface area contributed by atoms with Crippen LogP contribution in [0, 0.1) is 0 Å². The van der Waals surface area contributed by atoms with Crippen LogP contribution >= 0.6 is 0 Å². The van der Waals surface area contributed by atoms with E-state index < -0.39 is 17.9 Å². The van der Waals surface area contributed by atoms with Gasteiger partial charge in [0, 0.05) is 67.0 Å². The van der Waals surface area contributed by atoms with E-state index in [2.05, 4.69) is 30.2 Å². The van der Waals surface area contributed by atoms with Crippen LogP contribution in [0.25, 0.3) is 49.9 Å². The highest BCUT2D eigenvalue weighted by atomic mass is 19.1. The Morgan fingerprint density at radius 3 is 2.69 bits per heavy atom. The number of H-pyrrole nitrogens is 2. The smallest absolute Gasteiger partial charge is 0.333 e. The van der Waals surface area contributed by atoms with Crippen LogP contribution in [0.1, 0.15) is 5.56 Å². The topological polar surface area (TPSA) is 125 Å². The zero-order chi connectivity index (χ0) is 26.5. The number of hydrogen-bond donors (Lipinski definition) is 3. The third kappa shape index (κ3) is 3.86. The lowest BCUT2D eigenvalue weighted by molar-refractivity contribution is 0.483.